The molecule has 1 unspecified atom stereocenters. The van der Waals surface area contributed by atoms with Crippen molar-refractivity contribution in [2.45, 2.75) is 77.9 Å². The number of nitrogens with one attached hydrogen (secondary N) is 2. The van der Waals surface area contributed by atoms with Gasteiger partial charge in [0.15, 0.2) is 6.10 Å². The summed E-state index contributed by atoms with van der Waals surface area (Å²) in [6, 6.07) is 0. The molecule has 2 N–H and O–H groups in total. The first kappa shape index (κ1) is 20.9. The number of hydrogen-bond donors (Lipinski definition) is 2. The first-order valence-electron chi connectivity index (χ1n) is 11.1. The fourth-order valence-corrected chi connectivity index (χ4v) is 6.36. The fraction of sp³-hybridized carbons (Fsp3) is 0.696. The van der Waals surface area contributed by atoms with Crippen LogP contribution in [0.1, 0.15) is 84.5 Å². The van der Waals surface area contributed by atoms with Gasteiger partial charge in [0, 0.05) is 11.2 Å². The Kier molecular flexibility index (Phi) is 5.41. The van der Waals surface area contributed by atoms with Crippen LogP contribution in [-0.2, 0) is 14.3 Å². The maximum absolute atomic E-state index is 12.9. The molecule has 0 saturated heterocycles. The van der Waals surface area contributed by atoms with Crippen molar-refractivity contribution in [3.8, 4) is 0 Å². The summed E-state index contributed by atoms with van der Waals surface area (Å²) in [5.74, 6) is 0.819. The smallest absolute Gasteiger partial charge is 0.355 e. The molecule has 164 valence electrons. The molecule has 7 heteroatoms. The molecule has 1 atom stereocenters. The van der Waals surface area contributed by atoms with Gasteiger partial charge >= 0.3 is 11.9 Å². The molecule has 4 aliphatic carbocycles. The summed E-state index contributed by atoms with van der Waals surface area (Å²) in [5.41, 5.74) is 1.40. The van der Waals surface area contributed by atoms with Crippen molar-refractivity contribution in [1.82, 2.24) is 10.3 Å². The molecule has 0 aliphatic heterocycles. The van der Waals surface area contributed by atoms with Crippen molar-refractivity contribution in [3.05, 3.63) is 22.5 Å². The second-order valence-corrected chi connectivity index (χ2v) is 9.58. The van der Waals surface area contributed by atoms with Gasteiger partial charge < -0.3 is 19.8 Å². The van der Waals surface area contributed by atoms with Crippen LogP contribution in [0.25, 0.3) is 0 Å². The van der Waals surface area contributed by atoms with Crippen molar-refractivity contribution >= 4 is 17.8 Å². The zero-order valence-corrected chi connectivity index (χ0v) is 18.3. The molecule has 0 radical (unpaired) electrons. The van der Waals surface area contributed by atoms with Gasteiger partial charge in [0.2, 0.25) is 0 Å². The lowest BCUT2D eigenvalue weighted by Crippen LogP contribution is -2.61. The fourth-order valence-electron chi connectivity index (χ4n) is 6.36. The Hall–Kier alpha value is -2.31. The summed E-state index contributed by atoms with van der Waals surface area (Å²) in [7, 11) is 0. The molecule has 0 spiro atoms. The van der Waals surface area contributed by atoms with Crippen molar-refractivity contribution in [2.75, 3.05) is 6.61 Å². The molecule has 4 aliphatic rings. The predicted octanol–water partition coefficient (Wildman–Crippen LogP) is 3.44. The van der Waals surface area contributed by atoms with Crippen LogP contribution in [0, 0.1) is 31.6 Å². The highest BCUT2D eigenvalue weighted by molar-refractivity contribution is 5.99. The first-order valence-corrected chi connectivity index (χ1v) is 11.1. The number of carbonyl (C=O) groups is 3. The van der Waals surface area contributed by atoms with Gasteiger partial charge in [0.1, 0.15) is 5.69 Å². The minimum absolute atomic E-state index is 0.122. The molecule has 1 amide bonds. The van der Waals surface area contributed by atoms with E-state index in [1.165, 1.54) is 19.3 Å². The lowest BCUT2D eigenvalue weighted by molar-refractivity contribution is -0.134. The van der Waals surface area contributed by atoms with Gasteiger partial charge in [-0.15, -0.1) is 0 Å². The number of ether oxygens (including phenoxy) is 2. The Bertz CT molecular complexity index is 836. The Balaban J connectivity index is 1.41. The molecule has 7 nitrogen and oxygen atoms in total. The van der Waals surface area contributed by atoms with Crippen LogP contribution < -0.4 is 5.32 Å². The van der Waals surface area contributed by atoms with Crippen LogP contribution in [0.2, 0.25) is 0 Å². The number of hydrogen-bond acceptors (Lipinski definition) is 5. The summed E-state index contributed by atoms with van der Waals surface area (Å²) < 4.78 is 10.5. The molecule has 1 aromatic rings. The number of aryl methyl sites for hydroxylation is 1. The average Bonchev–Trinajstić information content (AvgIpc) is 2.94. The van der Waals surface area contributed by atoms with Gasteiger partial charge in [-0.05, 0) is 89.5 Å². The number of esters is 2. The highest BCUT2D eigenvalue weighted by Gasteiger charge is 2.51. The summed E-state index contributed by atoms with van der Waals surface area (Å²) in [6.07, 6.45) is 6.14. The number of carbonyl (C=O) groups excluding carboxylic acids is 3. The Labute approximate surface area is 177 Å². The van der Waals surface area contributed by atoms with E-state index in [0.29, 0.717) is 11.3 Å². The molecular formula is C23H32N2O5. The van der Waals surface area contributed by atoms with Crippen molar-refractivity contribution in [3.63, 3.8) is 0 Å². The van der Waals surface area contributed by atoms with E-state index in [1.54, 1.807) is 27.7 Å². The minimum atomic E-state index is -0.898. The number of rotatable bonds is 6. The number of amides is 1. The van der Waals surface area contributed by atoms with Gasteiger partial charge in [-0.2, -0.15) is 0 Å². The predicted molar refractivity (Wildman–Crippen MR) is 110 cm³/mol. The van der Waals surface area contributed by atoms with Crippen LogP contribution >= 0.6 is 0 Å². The maximum Gasteiger partial charge on any atom is 0.355 e. The molecule has 4 saturated carbocycles. The van der Waals surface area contributed by atoms with Gasteiger partial charge in [-0.3, -0.25) is 4.79 Å². The Morgan fingerprint density at radius 3 is 2.17 bits per heavy atom. The number of H-pyrrole nitrogens is 1. The van der Waals surface area contributed by atoms with Crippen LogP contribution in [0.4, 0.5) is 0 Å². The van der Waals surface area contributed by atoms with E-state index >= 15 is 0 Å². The van der Waals surface area contributed by atoms with E-state index in [4.69, 9.17) is 9.47 Å². The van der Waals surface area contributed by atoms with Crippen LogP contribution in [-0.4, -0.2) is 41.1 Å². The Morgan fingerprint density at radius 1 is 1.07 bits per heavy atom. The van der Waals surface area contributed by atoms with Crippen molar-refractivity contribution in [1.29, 1.82) is 0 Å². The lowest BCUT2D eigenvalue weighted by Gasteiger charge is -2.57. The molecule has 30 heavy (non-hydrogen) atoms. The summed E-state index contributed by atoms with van der Waals surface area (Å²) in [4.78, 5) is 40.7. The minimum Gasteiger partial charge on any atom is -0.461 e. The highest BCUT2D eigenvalue weighted by Crippen LogP contribution is 2.55. The van der Waals surface area contributed by atoms with E-state index in [2.05, 4.69) is 10.3 Å². The van der Waals surface area contributed by atoms with Crippen molar-refractivity contribution in [2.24, 2.45) is 17.8 Å². The van der Waals surface area contributed by atoms with Gasteiger partial charge in [0.25, 0.3) is 5.91 Å². The van der Waals surface area contributed by atoms with E-state index < -0.39 is 18.0 Å². The van der Waals surface area contributed by atoms with E-state index in [9.17, 15) is 14.4 Å². The summed E-state index contributed by atoms with van der Waals surface area (Å²) in [5, 5.41) is 3.25. The second kappa shape index (κ2) is 7.75. The topological polar surface area (TPSA) is 97.5 Å². The monoisotopic (exact) mass is 416 g/mol. The van der Waals surface area contributed by atoms with Gasteiger partial charge in [0.05, 0.1) is 12.2 Å². The zero-order valence-electron chi connectivity index (χ0n) is 18.3. The molecule has 1 heterocycles. The molecule has 1 aromatic heterocycles. The lowest BCUT2D eigenvalue weighted by atomic mass is 9.53. The van der Waals surface area contributed by atoms with Crippen LogP contribution in [0.15, 0.2) is 0 Å². The molecule has 0 aromatic carbocycles. The van der Waals surface area contributed by atoms with E-state index in [0.717, 1.165) is 37.0 Å². The number of aromatic nitrogens is 1. The summed E-state index contributed by atoms with van der Waals surface area (Å²) >= 11 is 0. The van der Waals surface area contributed by atoms with Gasteiger partial charge in [-0.1, -0.05) is 0 Å². The summed E-state index contributed by atoms with van der Waals surface area (Å²) in [6.45, 7) is 6.95. The SMILES string of the molecule is CCOC(=O)c1[nH]c(C)c(C(=O)OC(C)C(=O)NC23CC4CC(CC(C4)C2)C3)c1C. The standard InChI is InChI=1S/C23H32N2O5/c1-5-29-22(28)19-12(2)18(13(3)24-19)21(27)30-14(4)20(26)25-23-9-15-6-16(10-23)8-17(7-15)11-23/h14-17,24H,5-11H2,1-4H3,(H,25,26). The molecule has 4 fully saturated rings. The highest BCUT2D eigenvalue weighted by atomic mass is 16.5. The quantitative estimate of drug-likeness (QED) is 0.693. The normalized spacial score (nSPS) is 30.1. The third-order valence-corrected chi connectivity index (χ3v) is 7.20. The van der Waals surface area contributed by atoms with Crippen LogP contribution in [0.3, 0.4) is 0 Å². The molecule has 5 rings (SSSR count). The van der Waals surface area contributed by atoms with Gasteiger partial charge in [-0.25, -0.2) is 9.59 Å². The maximum atomic E-state index is 12.9. The first-order chi connectivity index (χ1) is 14.2. The largest absolute Gasteiger partial charge is 0.461 e. The van der Waals surface area contributed by atoms with E-state index in [1.807, 2.05) is 0 Å². The zero-order chi connectivity index (χ0) is 21.6. The number of aromatic amines is 1. The van der Waals surface area contributed by atoms with E-state index in [-0.39, 0.29) is 29.3 Å². The van der Waals surface area contributed by atoms with Crippen LogP contribution in [0.5, 0.6) is 0 Å². The van der Waals surface area contributed by atoms with Crippen molar-refractivity contribution < 1.29 is 23.9 Å². The average molecular weight is 417 g/mol. The third kappa shape index (κ3) is 3.74. The second-order valence-electron chi connectivity index (χ2n) is 9.58. The molecular weight excluding hydrogens is 384 g/mol. The molecule has 4 bridgehead atoms. The Morgan fingerprint density at radius 2 is 1.63 bits per heavy atom. The third-order valence-electron chi connectivity index (χ3n) is 7.20.